The van der Waals surface area contributed by atoms with Gasteiger partial charge in [-0.15, -0.1) is 0 Å². The number of hydrogen-bond acceptors (Lipinski definition) is 9. The Kier molecular flexibility index (Phi) is 7.21. The molecule has 2 aromatic heterocycles. The van der Waals surface area contributed by atoms with Crippen LogP contribution >= 0.6 is 0 Å². The van der Waals surface area contributed by atoms with Crippen LogP contribution in [0.4, 0.5) is 20.4 Å². The number of imidazole rings is 1. The minimum atomic E-state index is -2.85. The van der Waals surface area contributed by atoms with E-state index in [1.807, 2.05) is 6.07 Å². The van der Waals surface area contributed by atoms with Gasteiger partial charge in [0.2, 0.25) is 5.95 Å². The Labute approximate surface area is 201 Å². The number of morpholine rings is 2. The van der Waals surface area contributed by atoms with Crippen molar-refractivity contribution in [1.82, 2.24) is 19.5 Å². The highest BCUT2D eigenvalue weighted by molar-refractivity contribution is 5.84. The van der Waals surface area contributed by atoms with E-state index in [0.717, 1.165) is 0 Å². The number of aliphatic hydroxyl groups is 1. The molecule has 3 aromatic rings. The molecule has 0 bridgehead atoms. The molecule has 2 fully saturated rings. The van der Waals surface area contributed by atoms with E-state index in [-0.39, 0.29) is 19.2 Å². The van der Waals surface area contributed by atoms with Crippen LogP contribution in [0.5, 0.6) is 5.75 Å². The molecule has 35 heavy (non-hydrogen) atoms. The summed E-state index contributed by atoms with van der Waals surface area (Å²) in [6.45, 7) is 5.07. The van der Waals surface area contributed by atoms with Crippen molar-refractivity contribution in [3.05, 3.63) is 30.1 Å². The number of rotatable bonds is 8. The molecule has 2 aliphatic rings. The highest BCUT2D eigenvalue weighted by Crippen LogP contribution is 2.33. The number of hydrogen-bond donors (Lipinski definition) is 1. The fraction of sp³-hybridized carbons (Fsp3) is 0.522. The van der Waals surface area contributed by atoms with Crippen molar-refractivity contribution >= 4 is 22.7 Å². The summed E-state index contributed by atoms with van der Waals surface area (Å²) in [7, 11) is 0. The number of halogens is 2. The zero-order valence-electron chi connectivity index (χ0n) is 19.3. The Hall–Kier alpha value is -3.09. The largest absolute Gasteiger partial charge is 0.491 e. The van der Waals surface area contributed by atoms with Gasteiger partial charge in [-0.1, -0.05) is 6.07 Å². The van der Waals surface area contributed by atoms with E-state index in [4.69, 9.17) is 29.3 Å². The molecule has 0 saturated carbocycles. The van der Waals surface area contributed by atoms with Crippen LogP contribution in [-0.4, -0.2) is 90.4 Å². The van der Waals surface area contributed by atoms with Crippen molar-refractivity contribution in [2.75, 3.05) is 75.6 Å². The molecular weight excluding hydrogens is 462 g/mol. The van der Waals surface area contributed by atoms with Gasteiger partial charge in [0, 0.05) is 45.3 Å². The maximum absolute atomic E-state index is 14.2. The number of benzene rings is 1. The Morgan fingerprint density at radius 2 is 1.57 bits per heavy atom. The van der Waals surface area contributed by atoms with E-state index >= 15 is 0 Å². The minimum absolute atomic E-state index is 0.0286. The van der Waals surface area contributed by atoms with Crippen molar-refractivity contribution in [3.63, 3.8) is 0 Å². The lowest BCUT2D eigenvalue weighted by Crippen LogP contribution is -2.39. The lowest BCUT2D eigenvalue weighted by Gasteiger charge is -2.31. The van der Waals surface area contributed by atoms with Crippen LogP contribution < -0.4 is 14.5 Å². The van der Waals surface area contributed by atoms with Gasteiger partial charge in [0.1, 0.15) is 22.9 Å². The Bertz CT molecular complexity index is 1110. The molecule has 4 heterocycles. The van der Waals surface area contributed by atoms with Crippen molar-refractivity contribution < 1.29 is 28.1 Å². The summed E-state index contributed by atoms with van der Waals surface area (Å²) >= 11 is 0. The molecule has 0 spiro atoms. The molecule has 2 saturated heterocycles. The molecule has 10 nitrogen and oxygen atoms in total. The molecule has 5 rings (SSSR count). The van der Waals surface area contributed by atoms with Gasteiger partial charge in [-0.25, -0.2) is 13.8 Å². The normalized spacial score (nSPS) is 16.9. The van der Waals surface area contributed by atoms with Crippen LogP contribution in [0.2, 0.25) is 0 Å². The molecule has 0 radical (unpaired) electrons. The molecule has 12 heteroatoms. The second kappa shape index (κ2) is 10.7. The number of para-hydroxylation sites is 1. The first kappa shape index (κ1) is 23.6. The zero-order valence-corrected chi connectivity index (χ0v) is 19.3. The predicted octanol–water partition coefficient (Wildman–Crippen LogP) is 2.19. The van der Waals surface area contributed by atoms with Gasteiger partial charge in [-0.3, -0.25) is 4.57 Å². The molecular formula is C23H28F2N6O4. The van der Waals surface area contributed by atoms with Crippen molar-refractivity contribution in [1.29, 1.82) is 0 Å². The van der Waals surface area contributed by atoms with Gasteiger partial charge in [0.15, 0.2) is 5.82 Å². The summed E-state index contributed by atoms with van der Waals surface area (Å²) in [6.07, 6.45) is -2.43. The van der Waals surface area contributed by atoms with Gasteiger partial charge in [-0.05, 0) is 12.1 Å². The molecule has 0 atom stereocenters. The fourth-order valence-corrected chi connectivity index (χ4v) is 4.23. The molecule has 1 N–H and O–H groups in total. The van der Waals surface area contributed by atoms with Crippen LogP contribution in [-0.2, 0) is 9.47 Å². The maximum Gasteiger partial charge on any atom is 0.296 e. The summed E-state index contributed by atoms with van der Waals surface area (Å²) in [4.78, 5) is 17.8. The average molecular weight is 491 g/mol. The number of fused-ring (bicyclic) bond motifs is 1. The SMILES string of the molecule is OCCCOc1cccc2c1nc(C(F)F)n2-c1nc(N2CCOCC2)cc(N2CCOCC2)n1. The molecule has 188 valence electrons. The summed E-state index contributed by atoms with van der Waals surface area (Å²) in [5, 5.41) is 9.06. The first-order valence-electron chi connectivity index (χ1n) is 11.7. The zero-order chi connectivity index (χ0) is 24.2. The van der Waals surface area contributed by atoms with Crippen LogP contribution in [0, 0.1) is 0 Å². The highest BCUT2D eigenvalue weighted by atomic mass is 19.3. The number of aromatic nitrogens is 4. The minimum Gasteiger partial charge on any atom is -0.491 e. The van der Waals surface area contributed by atoms with Gasteiger partial charge in [0.05, 0.1) is 38.6 Å². The van der Waals surface area contributed by atoms with Gasteiger partial charge >= 0.3 is 0 Å². The molecule has 1 aromatic carbocycles. The van der Waals surface area contributed by atoms with Crippen LogP contribution in [0.25, 0.3) is 17.0 Å². The van der Waals surface area contributed by atoms with Crippen molar-refractivity contribution in [3.8, 4) is 11.7 Å². The summed E-state index contributed by atoms with van der Waals surface area (Å²) in [5.41, 5.74) is 0.725. The standard InChI is InChI=1S/C23H28F2N6O4/c24-21(25)22-28-20-16(3-1-4-17(20)35-10-2-9-32)31(22)23-26-18(29-5-11-33-12-6-29)15-19(27-23)30-7-13-34-14-8-30/h1,3-4,15,21,32H,2,5-14H2. The lowest BCUT2D eigenvalue weighted by atomic mass is 10.3. The third-order valence-electron chi connectivity index (χ3n) is 5.99. The third kappa shape index (κ3) is 5.00. The first-order chi connectivity index (χ1) is 17.2. The van der Waals surface area contributed by atoms with Gasteiger partial charge in [0.25, 0.3) is 6.43 Å². The predicted molar refractivity (Wildman–Crippen MR) is 125 cm³/mol. The summed E-state index contributed by atoms with van der Waals surface area (Å²) in [5.74, 6) is 1.34. The molecule has 0 aliphatic carbocycles. The Balaban J connectivity index is 1.64. The number of aliphatic hydroxyl groups excluding tert-OH is 1. The van der Waals surface area contributed by atoms with E-state index in [1.165, 1.54) is 4.57 Å². The Morgan fingerprint density at radius 3 is 2.14 bits per heavy atom. The lowest BCUT2D eigenvalue weighted by molar-refractivity contribution is 0.122. The number of nitrogens with zero attached hydrogens (tertiary/aromatic N) is 6. The van der Waals surface area contributed by atoms with Crippen molar-refractivity contribution in [2.45, 2.75) is 12.8 Å². The van der Waals surface area contributed by atoms with Gasteiger partial charge < -0.3 is 29.1 Å². The fourth-order valence-electron chi connectivity index (χ4n) is 4.23. The molecule has 2 aliphatic heterocycles. The topological polar surface area (TPSA) is 98.0 Å². The summed E-state index contributed by atoms with van der Waals surface area (Å²) in [6, 6.07) is 6.99. The van der Waals surface area contributed by atoms with Crippen LogP contribution in [0.3, 0.4) is 0 Å². The second-order valence-corrected chi connectivity index (χ2v) is 8.24. The quantitative estimate of drug-likeness (QED) is 0.477. The molecule has 0 amide bonds. The Morgan fingerprint density at radius 1 is 0.943 bits per heavy atom. The summed E-state index contributed by atoms with van der Waals surface area (Å²) < 4.78 is 46.4. The smallest absolute Gasteiger partial charge is 0.296 e. The third-order valence-corrected chi connectivity index (χ3v) is 5.99. The monoisotopic (exact) mass is 490 g/mol. The van der Waals surface area contributed by atoms with E-state index in [1.54, 1.807) is 18.2 Å². The van der Waals surface area contributed by atoms with Crippen LogP contribution in [0.15, 0.2) is 24.3 Å². The van der Waals surface area contributed by atoms with Crippen LogP contribution in [0.1, 0.15) is 18.7 Å². The van der Waals surface area contributed by atoms with E-state index in [9.17, 15) is 8.78 Å². The van der Waals surface area contributed by atoms with E-state index in [2.05, 4.69) is 14.8 Å². The highest BCUT2D eigenvalue weighted by Gasteiger charge is 2.26. The van der Waals surface area contributed by atoms with E-state index in [0.29, 0.717) is 87.4 Å². The van der Waals surface area contributed by atoms with Gasteiger partial charge in [-0.2, -0.15) is 9.97 Å². The number of alkyl halides is 2. The number of ether oxygens (including phenoxy) is 3. The maximum atomic E-state index is 14.2. The second-order valence-electron chi connectivity index (χ2n) is 8.24. The van der Waals surface area contributed by atoms with Crippen molar-refractivity contribution in [2.24, 2.45) is 0 Å². The van der Waals surface area contributed by atoms with E-state index < -0.39 is 12.2 Å². The molecule has 0 unspecified atom stereocenters. The first-order valence-corrected chi connectivity index (χ1v) is 11.7. The number of anilines is 2. The average Bonchev–Trinajstić information content (AvgIpc) is 3.31.